The Balaban J connectivity index is 1.61. The molecule has 0 aromatic heterocycles. The summed E-state index contributed by atoms with van der Waals surface area (Å²) in [6.45, 7) is 9.40. The molecule has 18 heavy (non-hydrogen) atoms. The van der Waals surface area contributed by atoms with Crippen molar-refractivity contribution in [3.63, 3.8) is 0 Å². The van der Waals surface area contributed by atoms with Gasteiger partial charge in [-0.15, -0.1) is 0 Å². The molecule has 1 aromatic rings. The summed E-state index contributed by atoms with van der Waals surface area (Å²) in [5, 5.41) is 3.42. The van der Waals surface area contributed by atoms with Crippen LogP contribution in [0.1, 0.15) is 12.5 Å². The van der Waals surface area contributed by atoms with Crippen molar-refractivity contribution < 1.29 is 0 Å². The molecule has 2 aliphatic rings. The Morgan fingerprint density at radius 1 is 1.17 bits per heavy atom. The molecule has 0 bridgehead atoms. The Labute approximate surface area is 110 Å². The predicted octanol–water partition coefficient (Wildman–Crippen LogP) is 1.34. The van der Waals surface area contributed by atoms with Crippen LogP contribution in [0.4, 0.5) is 5.69 Å². The summed E-state index contributed by atoms with van der Waals surface area (Å²) in [6, 6.07) is 9.61. The van der Waals surface area contributed by atoms with Crippen LogP contribution in [-0.2, 0) is 6.42 Å². The predicted molar refractivity (Wildman–Crippen MR) is 76.3 cm³/mol. The molecule has 0 aliphatic carbocycles. The van der Waals surface area contributed by atoms with E-state index < -0.39 is 0 Å². The lowest BCUT2D eigenvalue weighted by atomic mass is 10.0. The minimum absolute atomic E-state index is 0.775. The van der Waals surface area contributed by atoms with Crippen molar-refractivity contribution in [2.75, 3.05) is 44.2 Å². The lowest BCUT2D eigenvalue weighted by Crippen LogP contribution is -2.63. The first-order valence-corrected chi connectivity index (χ1v) is 7.16. The van der Waals surface area contributed by atoms with Crippen LogP contribution in [0.5, 0.6) is 0 Å². The van der Waals surface area contributed by atoms with Gasteiger partial charge in [0.2, 0.25) is 0 Å². The molecule has 0 saturated carbocycles. The zero-order valence-electron chi connectivity index (χ0n) is 11.2. The van der Waals surface area contributed by atoms with Crippen molar-refractivity contribution in [3.05, 3.63) is 29.8 Å². The molecular weight excluding hydrogens is 222 g/mol. The van der Waals surface area contributed by atoms with Gasteiger partial charge in [-0.3, -0.25) is 4.90 Å². The average Bonchev–Trinajstić information content (AvgIpc) is 2.39. The van der Waals surface area contributed by atoms with Gasteiger partial charge in [-0.25, -0.2) is 0 Å². The smallest absolute Gasteiger partial charge is 0.0447 e. The van der Waals surface area contributed by atoms with Crippen LogP contribution in [0.3, 0.4) is 0 Å². The van der Waals surface area contributed by atoms with Crippen molar-refractivity contribution in [2.24, 2.45) is 0 Å². The summed E-state index contributed by atoms with van der Waals surface area (Å²) in [7, 11) is 0. The summed E-state index contributed by atoms with van der Waals surface area (Å²) < 4.78 is 0. The maximum absolute atomic E-state index is 3.42. The summed E-state index contributed by atoms with van der Waals surface area (Å²) in [6.07, 6.45) is 1.13. The van der Waals surface area contributed by atoms with Crippen LogP contribution in [0.25, 0.3) is 0 Å². The van der Waals surface area contributed by atoms with Gasteiger partial charge < -0.3 is 10.2 Å². The number of anilines is 1. The van der Waals surface area contributed by atoms with Crippen LogP contribution in [0.2, 0.25) is 0 Å². The lowest BCUT2D eigenvalue weighted by Gasteiger charge is -2.48. The number of para-hydroxylation sites is 1. The number of aryl methyl sites for hydroxylation is 1. The molecule has 2 fully saturated rings. The highest BCUT2D eigenvalue weighted by molar-refractivity contribution is 5.56. The van der Waals surface area contributed by atoms with E-state index in [1.165, 1.54) is 37.4 Å². The summed E-state index contributed by atoms with van der Waals surface area (Å²) >= 11 is 0. The van der Waals surface area contributed by atoms with Crippen LogP contribution >= 0.6 is 0 Å². The van der Waals surface area contributed by atoms with E-state index in [0.717, 1.165) is 25.6 Å². The molecule has 3 heteroatoms. The van der Waals surface area contributed by atoms with E-state index in [1.54, 1.807) is 0 Å². The quantitative estimate of drug-likeness (QED) is 0.867. The second-order valence-corrected chi connectivity index (χ2v) is 5.33. The molecule has 98 valence electrons. The first-order chi connectivity index (χ1) is 8.88. The normalized spacial score (nSPS) is 21.9. The van der Waals surface area contributed by atoms with Crippen LogP contribution < -0.4 is 10.2 Å². The van der Waals surface area contributed by atoms with E-state index in [1.807, 2.05) is 0 Å². The highest BCUT2D eigenvalue weighted by Gasteiger charge is 2.32. The van der Waals surface area contributed by atoms with Gasteiger partial charge in [-0.05, 0) is 18.1 Å². The molecular formula is C15H23N3. The van der Waals surface area contributed by atoms with E-state index in [0.29, 0.717) is 0 Å². The van der Waals surface area contributed by atoms with Gasteiger partial charge in [-0.2, -0.15) is 0 Å². The number of benzene rings is 1. The van der Waals surface area contributed by atoms with Gasteiger partial charge in [-0.1, -0.05) is 25.1 Å². The number of piperazine rings is 1. The van der Waals surface area contributed by atoms with E-state index >= 15 is 0 Å². The van der Waals surface area contributed by atoms with E-state index in [-0.39, 0.29) is 0 Å². The van der Waals surface area contributed by atoms with Gasteiger partial charge in [0.25, 0.3) is 0 Å². The maximum atomic E-state index is 3.42. The number of nitrogens with one attached hydrogen (secondary N) is 1. The van der Waals surface area contributed by atoms with Crippen LogP contribution in [-0.4, -0.2) is 50.2 Å². The first-order valence-electron chi connectivity index (χ1n) is 7.16. The summed E-state index contributed by atoms with van der Waals surface area (Å²) in [5.41, 5.74) is 2.93. The van der Waals surface area contributed by atoms with E-state index in [9.17, 15) is 0 Å². The van der Waals surface area contributed by atoms with Crippen molar-refractivity contribution in [1.82, 2.24) is 10.2 Å². The third-order valence-electron chi connectivity index (χ3n) is 4.24. The Kier molecular flexibility index (Phi) is 3.52. The molecule has 0 radical (unpaired) electrons. The SMILES string of the molecule is CCc1ccccc1N1CC(N2CCNCC2)C1. The molecule has 3 rings (SSSR count). The van der Waals surface area contributed by atoms with Crippen molar-refractivity contribution in [1.29, 1.82) is 0 Å². The molecule has 2 aliphatic heterocycles. The van der Waals surface area contributed by atoms with Gasteiger partial charge in [0.1, 0.15) is 0 Å². The molecule has 0 amide bonds. The number of hydrogen-bond acceptors (Lipinski definition) is 3. The Morgan fingerprint density at radius 3 is 2.61 bits per heavy atom. The summed E-state index contributed by atoms with van der Waals surface area (Å²) in [5.74, 6) is 0. The molecule has 0 unspecified atom stereocenters. The lowest BCUT2D eigenvalue weighted by molar-refractivity contribution is 0.147. The van der Waals surface area contributed by atoms with Gasteiger partial charge in [0.15, 0.2) is 0 Å². The Morgan fingerprint density at radius 2 is 1.89 bits per heavy atom. The van der Waals surface area contributed by atoms with E-state index in [2.05, 4.69) is 46.3 Å². The highest BCUT2D eigenvalue weighted by Crippen LogP contribution is 2.27. The summed E-state index contributed by atoms with van der Waals surface area (Å²) in [4.78, 5) is 5.17. The molecule has 0 atom stereocenters. The third kappa shape index (κ3) is 2.25. The zero-order chi connectivity index (χ0) is 12.4. The standard InChI is InChI=1S/C15H23N3/c1-2-13-5-3-4-6-15(13)18-11-14(12-18)17-9-7-16-8-10-17/h3-6,14,16H,2,7-12H2,1H3. The molecule has 0 spiro atoms. The average molecular weight is 245 g/mol. The van der Waals surface area contributed by atoms with Crippen molar-refractivity contribution in [2.45, 2.75) is 19.4 Å². The fourth-order valence-corrected chi connectivity index (χ4v) is 3.05. The zero-order valence-corrected chi connectivity index (χ0v) is 11.2. The van der Waals surface area contributed by atoms with Gasteiger partial charge in [0.05, 0.1) is 0 Å². The van der Waals surface area contributed by atoms with Crippen LogP contribution in [0, 0.1) is 0 Å². The van der Waals surface area contributed by atoms with Crippen molar-refractivity contribution in [3.8, 4) is 0 Å². The molecule has 1 N–H and O–H groups in total. The molecule has 2 heterocycles. The van der Waals surface area contributed by atoms with Crippen molar-refractivity contribution >= 4 is 5.69 Å². The van der Waals surface area contributed by atoms with Crippen LogP contribution in [0.15, 0.2) is 24.3 Å². The Hall–Kier alpha value is -1.06. The second kappa shape index (κ2) is 5.29. The molecule has 2 saturated heterocycles. The molecule has 3 nitrogen and oxygen atoms in total. The van der Waals surface area contributed by atoms with Gasteiger partial charge in [0, 0.05) is 51.0 Å². The largest absolute Gasteiger partial charge is 0.368 e. The minimum atomic E-state index is 0.775. The maximum Gasteiger partial charge on any atom is 0.0447 e. The highest BCUT2D eigenvalue weighted by atomic mass is 15.3. The minimum Gasteiger partial charge on any atom is -0.368 e. The third-order valence-corrected chi connectivity index (χ3v) is 4.24. The second-order valence-electron chi connectivity index (χ2n) is 5.33. The first kappa shape index (κ1) is 12.0. The fraction of sp³-hybridized carbons (Fsp3) is 0.600. The number of hydrogen-bond donors (Lipinski definition) is 1. The number of rotatable bonds is 3. The molecule has 1 aromatic carbocycles. The topological polar surface area (TPSA) is 18.5 Å². The monoisotopic (exact) mass is 245 g/mol. The Bertz CT molecular complexity index is 392. The fourth-order valence-electron chi connectivity index (χ4n) is 3.05. The number of nitrogens with zero attached hydrogens (tertiary/aromatic N) is 2. The van der Waals surface area contributed by atoms with Gasteiger partial charge >= 0.3 is 0 Å². The van der Waals surface area contributed by atoms with E-state index in [4.69, 9.17) is 0 Å².